The van der Waals surface area contributed by atoms with E-state index in [2.05, 4.69) is 18.2 Å². The topological polar surface area (TPSA) is 44.5 Å². The number of hydrogen-bond donors (Lipinski definition) is 1. The number of nitrogens with two attached hydrogens (primary N) is 1. The average molecular weight is 247 g/mol. The molecule has 0 amide bonds. The Morgan fingerprint density at radius 3 is 2.89 bits per heavy atom. The molecule has 1 atom stereocenters. The lowest BCUT2D eigenvalue weighted by Crippen LogP contribution is -2.24. The van der Waals surface area contributed by atoms with Gasteiger partial charge < -0.3 is 15.2 Å². The van der Waals surface area contributed by atoms with Crippen LogP contribution in [-0.4, -0.2) is 25.9 Å². The van der Waals surface area contributed by atoms with E-state index < -0.39 is 0 Å². The molecule has 1 aromatic carbocycles. The highest BCUT2D eigenvalue weighted by atomic mass is 16.5. The van der Waals surface area contributed by atoms with E-state index in [-0.39, 0.29) is 5.54 Å². The van der Waals surface area contributed by atoms with Crippen molar-refractivity contribution in [3.63, 3.8) is 0 Å². The molecule has 1 saturated carbocycles. The Hall–Kier alpha value is -1.06. The lowest BCUT2D eigenvalue weighted by molar-refractivity contribution is 0.194. The van der Waals surface area contributed by atoms with Crippen molar-refractivity contribution in [2.45, 2.75) is 37.1 Å². The van der Waals surface area contributed by atoms with Crippen LogP contribution in [0.5, 0.6) is 5.75 Å². The molecule has 3 heteroatoms. The lowest BCUT2D eigenvalue weighted by atomic mass is 9.94. The molecule has 0 aromatic heterocycles. The fourth-order valence-corrected chi connectivity index (χ4v) is 2.70. The summed E-state index contributed by atoms with van der Waals surface area (Å²) in [4.78, 5) is 0. The molecule has 1 saturated heterocycles. The van der Waals surface area contributed by atoms with Gasteiger partial charge in [-0.05, 0) is 42.9 Å². The van der Waals surface area contributed by atoms with Crippen molar-refractivity contribution in [2.75, 3.05) is 20.3 Å². The molecular formula is C15H21NO2. The summed E-state index contributed by atoms with van der Waals surface area (Å²) in [6.07, 6.45) is 4.32. The number of hydrogen-bond acceptors (Lipinski definition) is 3. The van der Waals surface area contributed by atoms with Crippen molar-refractivity contribution < 1.29 is 9.47 Å². The fraction of sp³-hybridized carbons (Fsp3) is 0.600. The van der Waals surface area contributed by atoms with Crippen molar-refractivity contribution in [1.29, 1.82) is 0 Å². The Labute approximate surface area is 108 Å². The normalized spacial score (nSPS) is 25.1. The zero-order valence-electron chi connectivity index (χ0n) is 10.9. The van der Waals surface area contributed by atoms with Gasteiger partial charge in [0.05, 0.1) is 13.7 Å². The van der Waals surface area contributed by atoms with Crippen molar-refractivity contribution in [1.82, 2.24) is 0 Å². The van der Waals surface area contributed by atoms with Crippen LogP contribution in [0, 0.1) is 0 Å². The van der Waals surface area contributed by atoms with Crippen LogP contribution in [0.15, 0.2) is 18.2 Å². The second-order valence-corrected chi connectivity index (χ2v) is 5.67. The zero-order valence-corrected chi connectivity index (χ0v) is 10.9. The largest absolute Gasteiger partial charge is 0.496 e. The highest BCUT2D eigenvalue weighted by molar-refractivity contribution is 5.40. The maximum Gasteiger partial charge on any atom is 0.122 e. The van der Waals surface area contributed by atoms with Gasteiger partial charge in [0.25, 0.3) is 0 Å². The number of methoxy groups -OCH3 is 1. The molecule has 98 valence electrons. The fourth-order valence-electron chi connectivity index (χ4n) is 2.70. The van der Waals surface area contributed by atoms with Crippen molar-refractivity contribution in [2.24, 2.45) is 5.73 Å². The molecule has 2 aliphatic rings. The van der Waals surface area contributed by atoms with Crippen LogP contribution < -0.4 is 10.5 Å². The Balaban J connectivity index is 1.85. The maximum atomic E-state index is 6.23. The van der Waals surface area contributed by atoms with Crippen molar-refractivity contribution >= 4 is 0 Å². The van der Waals surface area contributed by atoms with Crippen LogP contribution in [0.2, 0.25) is 0 Å². The van der Waals surface area contributed by atoms with Crippen LogP contribution in [0.1, 0.15) is 36.3 Å². The molecule has 0 radical (unpaired) electrons. The van der Waals surface area contributed by atoms with Gasteiger partial charge in [0.2, 0.25) is 0 Å². The number of rotatable bonds is 4. The van der Waals surface area contributed by atoms with Gasteiger partial charge in [-0.15, -0.1) is 0 Å². The minimum Gasteiger partial charge on any atom is -0.496 e. The van der Waals surface area contributed by atoms with E-state index in [1.165, 1.54) is 11.1 Å². The van der Waals surface area contributed by atoms with E-state index in [1.54, 1.807) is 7.11 Å². The van der Waals surface area contributed by atoms with Crippen molar-refractivity contribution in [3.05, 3.63) is 29.3 Å². The summed E-state index contributed by atoms with van der Waals surface area (Å²) in [6, 6.07) is 6.51. The molecule has 3 nitrogen and oxygen atoms in total. The van der Waals surface area contributed by atoms with Gasteiger partial charge in [-0.2, -0.15) is 0 Å². The van der Waals surface area contributed by atoms with E-state index in [0.717, 1.165) is 44.6 Å². The van der Waals surface area contributed by atoms with Crippen LogP contribution in [-0.2, 0) is 11.2 Å². The summed E-state index contributed by atoms with van der Waals surface area (Å²) in [5.41, 5.74) is 8.87. The van der Waals surface area contributed by atoms with Crippen LogP contribution in [0.3, 0.4) is 0 Å². The molecular weight excluding hydrogens is 226 g/mol. The minimum atomic E-state index is 0.0259. The van der Waals surface area contributed by atoms with E-state index >= 15 is 0 Å². The van der Waals surface area contributed by atoms with Gasteiger partial charge in [0, 0.05) is 18.1 Å². The quantitative estimate of drug-likeness (QED) is 0.887. The van der Waals surface area contributed by atoms with Gasteiger partial charge in [0.1, 0.15) is 5.75 Å². The SMILES string of the molecule is COc1ccc(C2CCOC2)cc1CC1(N)CC1. The molecule has 1 unspecified atom stereocenters. The second-order valence-electron chi connectivity index (χ2n) is 5.67. The molecule has 2 fully saturated rings. The summed E-state index contributed by atoms with van der Waals surface area (Å²) in [5.74, 6) is 1.51. The molecule has 1 aromatic rings. The third-order valence-electron chi connectivity index (χ3n) is 4.14. The van der Waals surface area contributed by atoms with Gasteiger partial charge in [-0.1, -0.05) is 12.1 Å². The standard InChI is InChI=1S/C15H21NO2/c1-17-14-3-2-11(12-4-7-18-10-12)8-13(14)9-15(16)5-6-15/h2-3,8,12H,4-7,9-10,16H2,1H3. The molecule has 1 aliphatic heterocycles. The number of benzene rings is 1. The second kappa shape index (κ2) is 4.56. The Kier molecular flexibility index (Phi) is 3.04. The molecule has 0 bridgehead atoms. The average Bonchev–Trinajstić information content (AvgIpc) is 2.91. The summed E-state index contributed by atoms with van der Waals surface area (Å²) in [7, 11) is 1.73. The zero-order chi connectivity index (χ0) is 12.6. The summed E-state index contributed by atoms with van der Waals surface area (Å²) in [5, 5.41) is 0. The monoisotopic (exact) mass is 247 g/mol. The van der Waals surface area contributed by atoms with E-state index in [0.29, 0.717) is 5.92 Å². The van der Waals surface area contributed by atoms with Crippen LogP contribution >= 0.6 is 0 Å². The molecule has 1 heterocycles. The lowest BCUT2D eigenvalue weighted by Gasteiger charge is -2.16. The molecule has 3 rings (SSSR count). The van der Waals surface area contributed by atoms with Gasteiger partial charge in [-0.3, -0.25) is 0 Å². The van der Waals surface area contributed by atoms with Crippen molar-refractivity contribution in [3.8, 4) is 5.75 Å². The van der Waals surface area contributed by atoms with Gasteiger partial charge in [0.15, 0.2) is 0 Å². The minimum absolute atomic E-state index is 0.0259. The molecule has 1 aliphatic carbocycles. The predicted octanol–water partition coefficient (Wildman–Crippen LogP) is 2.23. The summed E-state index contributed by atoms with van der Waals surface area (Å²) >= 11 is 0. The first-order valence-corrected chi connectivity index (χ1v) is 6.74. The predicted molar refractivity (Wildman–Crippen MR) is 71.0 cm³/mol. The van der Waals surface area contributed by atoms with E-state index in [1.807, 2.05) is 0 Å². The Morgan fingerprint density at radius 2 is 2.28 bits per heavy atom. The van der Waals surface area contributed by atoms with Crippen LogP contribution in [0.4, 0.5) is 0 Å². The first kappa shape index (κ1) is 12.0. The highest BCUT2D eigenvalue weighted by Crippen LogP contribution is 2.39. The first-order valence-electron chi connectivity index (χ1n) is 6.74. The van der Waals surface area contributed by atoms with Crippen LogP contribution in [0.25, 0.3) is 0 Å². The Bertz CT molecular complexity index is 434. The van der Waals surface area contributed by atoms with Gasteiger partial charge in [-0.25, -0.2) is 0 Å². The maximum absolute atomic E-state index is 6.23. The van der Waals surface area contributed by atoms with E-state index in [9.17, 15) is 0 Å². The molecule has 18 heavy (non-hydrogen) atoms. The first-order chi connectivity index (χ1) is 8.70. The molecule has 2 N–H and O–H groups in total. The summed E-state index contributed by atoms with van der Waals surface area (Å²) in [6.45, 7) is 1.73. The van der Waals surface area contributed by atoms with E-state index in [4.69, 9.17) is 15.2 Å². The number of ether oxygens (including phenoxy) is 2. The molecule has 0 spiro atoms. The van der Waals surface area contributed by atoms with Gasteiger partial charge >= 0.3 is 0 Å². The third kappa shape index (κ3) is 2.38. The smallest absolute Gasteiger partial charge is 0.122 e. The third-order valence-corrected chi connectivity index (χ3v) is 4.14. The highest BCUT2D eigenvalue weighted by Gasteiger charge is 2.38. The Morgan fingerprint density at radius 1 is 1.44 bits per heavy atom. The summed E-state index contributed by atoms with van der Waals surface area (Å²) < 4.78 is 10.9.